The molecule has 0 saturated carbocycles. The molecule has 1 saturated heterocycles. The molecule has 1 fully saturated rings. The van der Waals surface area contributed by atoms with Crippen LogP contribution in [-0.2, 0) is 16.2 Å². The summed E-state index contributed by atoms with van der Waals surface area (Å²) in [7, 11) is 0. The molecule has 0 atom stereocenters. The number of benzene rings is 1. The van der Waals surface area contributed by atoms with Crippen molar-refractivity contribution >= 4 is 5.91 Å². The second-order valence-corrected chi connectivity index (χ2v) is 4.03. The SMILES string of the molecule is O=C(CC1CNC1)NOCc1ccccc1. The maximum Gasteiger partial charge on any atom is 0.243 e. The van der Waals surface area contributed by atoms with Crippen molar-refractivity contribution in [2.45, 2.75) is 13.0 Å². The summed E-state index contributed by atoms with van der Waals surface area (Å²) in [5.74, 6) is 0.433. The first-order valence-corrected chi connectivity index (χ1v) is 5.50. The van der Waals surface area contributed by atoms with Gasteiger partial charge in [-0.15, -0.1) is 0 Å². The zero-order chi connectivity index (χ0) is 11.2. The van der Waals surface area contributed by atoms with Crippen LogP contribution in [0.15, 0.2) is 30.3 Å². The topological polar surface area (TPSA) is 50.4 Å². The van der Waals surface area contributed by atoms with Gasteiger partial charge in [-0.3, -0.25) is 9.63 Å². The Kier molecular flexibility index (Phi) is 3.91. The maximum absolute atomic E-state index is 11.4. The Morgan fingerprint density at radius 1 is 1.38 bits per heavy atom. The molecule has 0 aromatic heterocycles. The number of carbonyl (C=O) groups excluding carboxylic acids is 1. The second-order valence-electron chi connectivity index (χ2n) is 4.03. The van der Waals surface area contributed by atoms with Crippen molar-refractivity contribution < 1.29 is 9.63 Å². The predicted molar refractivity (Wildman–Crippen MR) is 60.4 cm³/mol. The Hall–Kier alpha value is -1.39. The lowest BCUT2D eigenvalue weighted by Crippen LogP contribution is -2.44. The van der Waals surface area contributed by atoms with Crippen LogP contribution in [0, 0.1) is 5.92 Å². The molecule has 1 heterocycles. The summed E-state index contributed by atoms with van der Waals surface area (Å²) >= 11 is 0. The Morgan fingerprint density at radius 2 is 2.12 bits per heavy atom. The Balaban J connectivity index is 1.62. The van der Waals surface area contributed by atoms with E-state index in [1.807, 2.05) is 30.3 Å². The van der Waals surface area contributed by atoms with Crippen LogP contribution in [0.5, 0.6) is 0 Å². The molecule has 1 aliphatic rings. The van der Waals surface area contributed by atoms with E-state index in [9.17, 15) is 4.79 Å². The zero-order valence-corrected chi connectivity index (χ0v) is 9.11. The van der Waals surface area contributed by atoms with Gasteiger partial charge in [0.25, 0.3) is 0 Å². The molecule has 4 heteroatoms. The number of amides is 1. The minimum atomic E-state index is -0.0394. The summed E-state index contributed by atoms with van der Waals surface area (Å²) in [5, 5.41) is 3.13. The highest BCUT2D eigenvalue weighted by Gasteiger charge is 2.19. The van der Waals surface area contributed by atoms with Gasteiger partial charge in [-0.25, -0.2) is 5.48 Å². The standard InChI is InChI=1S/C12H16N2O2/c15-12(6-11-7-13-8-11)14-16-9-10-4-2-1-3-5-10/h1-5,11,13H,6-9H2,(H,14,15). The molecule has 2 N–H and O–H groups in total. The molecule has 2 rings (SSSR count). The van der Waals surface area contributed by atoms with Crippen molar-refractivity contribution in [1.29, 1.82) is 0 Å². The Morgan fingerprint density at radius 3 is 2.75 bits per heavy atom. The van der Waals surface area contributed by atoms with Crippen LogP contribution in [0.3, 0.4) is 0 Å². The molecule has 4 nitrogen and oxygen atoms in total. The number of rotatable bonds is 5. The average molecular weight is 220 g/mol. The van der Waals surface area contributed by atoms with E-state index in [4.69, 9.17) is 4.84 Å². The molecular weight excluding hydrogens is 204 g/mol. The van der Waals surface area contributed by atoms with Gasteiger partial charge in [0.15, 0.2) is 0 Å². The summed E-state index contributed by atoms with van der Waals surface area (Å²) in [6, 6.07) is 9.76. The molecule has 1 aliphatic heterocycles. The van der Waals surface area contributed by atoms with Crippen molar-refractivity contribution in [3.63, 3.8) is 0 Å². The maximum atomic E-state index is 11.4. The van der Waals surface area contributed by atoms with E-state index in [-0.39, 0.29) is 5.91 Å². The van der Waals surface area contributed by atoms with E-state index in [0.29, 0.717) is 18.9 Å². The molecule has 16 heavy (non-hydrogen) atoms. The van der Waals surface area contributed by atoms with Gasteiger partial charge < -0.3 is 5.32 Å². The fourth-order valence-electron chi connectivity index (χ4n) is 1.57. The monoisotopic (exact) mass is 220 g/mol. The zero-order valence-electron chi connectivity index (χ0n) is 9.11. The smallest absolute Gasteiger partial charge is 0.243 e. The molecule has 1 aromatic rings. The first kappa shape index (κ1) is 11.1. The van der Waals surface area contributed by atoms with Crippen molar-refractivity contribution in [3.8, 4) is 0 Å². The molecule has 0 bridgehead atoms. The highest BCUT2D eigenvalue weighted by Crippen LogP contribution is 2.07. The second kappa shape index (κ2) is 5.63. The van der Waals surface area contributed by atoms with Gasteiger partial charge >= 0.3 is 0 Å². The minimum Gasteiger partial charge on any atom is -0.316 e. The van der Waals surface area contributed by atoms with Crippen LogP contribution in [0.25, 0.3) is 0 Å². The van der Waals surface area contributed by atoms with E-state index in [1.54, 1.807) is 0 Å². The lowest BCUT2D eigenvalue weighted by Gasteiger charge is -2.26. The third kappa shape index (κ3) is 3.32. The molecule has 0 unspecified atom stereocenters. The van der Waals surface area contributed by atoms with Crippen LogP contribution in [0.1, 0.15) is 12.0 Å². The quantitative estimate of drug-likeness (QED) is 0.723. The van der Waals surface area contributed by atoms with Crippen molar-refractivity contribution in [3.05, 3.63) is 35.9 Å². The van der Waals surface area contributed by atoms with Gasteiger partial charge in [-0.2, -0.15) is 0 Å². The normalized spacial score (nSPS) is 15.5. The van der Waals surface area contributed by atoms with Crippen LogP contribution >= 0.6 is 0 Å². The van der Waals surface area contributed by atoms with Gasteiger partial charge in [0.1, 0.15) is 0 Å². The molecule has 0 radical (unpaired) electrons. The summed E-state index contributed by atoms with van der Waals surface area (Å²) in [6.07, 6.45) is 0.543. The van der Waals surface area contributed by atoms with E-state index in [1.165, 1.54) is 0 Å². The first-order valence-electron chi connectivity index (χ1n) is 5.50. The average Bonchev–Trinajstić information content (AvgIpc) is 2.25. The van der Waals surface area contributed by atoms with E-state index < -0.39 is 0 Å². The number of hydroxylamine groups is 1. The lowest BCUT2D eigenvalue weighted by atomic mass is 9.99. The fraction of sp³-hybridized carbons (Fsp3) is 0.417. The van der Waals surface area contributed by atoms with Gasteiger partial charge in [-0.05, 0) is 24.6 Å². The van der Waals surface area contributed by atoms with E-state index in [0.717, 1.165) is 18.7 Å². The summed E-state index contributed by atoms with van der Waals surface area (Å²) in [4.78, 5) is 16.5. The van der Waals surface area contributed by atoms with Gasteiger partial charge in [0.05, 0.1) is 6.61 Å². The molecule has 0 aliphatic carbocycles. The van der Waals surface area contributed by atoms with Crippen LogP contribution in [0.2, 0.25) is 0 Å². The Bertz CT molecular complexity index is 336. The third-order valence-corrected chi connectivity index (χ3v) is 2.61. The third-order valence-electron chi connectivity index (χ3n) is 2.61. The summed E-state index contributed by atoms with van der Waals surface area (Å²) in [6.45, 7) is 2.29. The first-order chi connectivity index (χ1) is 7.84. The highest BCUT2D eigenvalue weighted by molar-refractivity contribution is 5.75. The van der Waals surface area contributed by atoms with Crippen LogP contribution in [-0.4, -0.2) is 19.0 Å². The molecule has 1 aromatic carbocycles. The number of hydrogen-bond acceptors (Lipinski definition) is 3. The number of hydrogen-bond donors (Lipinski definition) is 2. The van der Waals surface area contributed by atoms with Crippen LogP contribution < -0.4 is 10.8 Å². The van der Waals surface area contributed by atoms with Crippen molar-refractivity contribution in [2.75, 3.05) is 13.1 Å². The van der Waals surface area contributed by atoms with Crippen LogP contribution in [0.4, 0.5) is 0 Å². The number of carbonyl (C=O) groups is 1. The number of nitrogens with one attached hydrogen (secondary N) is 2. The largest absolute Gasteiger partial charge is 0.316 e. The predicted octanol–water partition coefficient (Wildman–Crippen LogP) is 0.844. The molecule has 86 valence electrons. The summed E-state index contributed by atoms with van der Waals surface area (Å²) < 4.78 is 0. The van der Waals surface area contributed by atoms with Gasteiger partial charge in [-0.1, -0.05) is 30.3 Å². The van der Waals surface area contributed by atoms with E-state index >= 15 is 0 Å². The van der Waals surface area contributed by atoms with Crippen molar-refractivity contribution in [1.82, 2.24) is 10.8 Å². The van der Waals surface area contributed by atoms with Crippen molar-refractivity contribution in [2.24, 2.45) is 5.92 Å². The molecular formula is C12H16N2O2. The summed E-state index contributed by atoms with van der Waals surface area (Å²) in [5.41, 5.74) is 3.51. The van der Waals surface area contributed by atoms with Gasteiger partial charge in [0.2, 0.25) is 5.91 Å². The fourth-order valence-corrected chi connectivity index (χ4v) is 1.57. The lowest BCUT2D eigenvalue weighted by molar-refractivity contribution is -0.135. The minimum absolute atomic E-state index is 0.0394. The van der Waals surface area contributed by atoms with Gasteiger partial charge in [0, 0.05) is 6.42 Å². The van der Waals surface area contributed by atoms with E-state index in [2.05, 4.69) is 10.8 Å². The highest BCUT2D eigenvalue weighted by atomic mass is 16.6. The Labute approximate surface area is 94.9 Å². The molecule has 0 spiro atoms. The molecule has 1 amide bonds.